The van der Waals surface area contributed by atoms with Crippen LogP contribution in [0.3, 0.4) is 0 Å². The molecule has 0 radical (unpaired) electrons. The van der Waals surface area contributed by atoms with Crippen molar-refractivity contribution in [1.82, 2.24) is 5.32 Å². The van der Waals surface area contributed by atoms with Gasteiger partial charge in [0.15, 0.2) is 0 Å². The summed E-state index contributed by atoms with van der Waals surface area (Å²) in [6.45, 7) is 8.44. The third-order valence-corrected chi connectivity index (χ3v) is 4.32. The highest BCUT2D eigenvalue weighted by Crippen LogP contribution is 2.28. The van der Waals surface area contributed by atoms with Gasteiger partial charge in [-0.25, -0.2) is 0 Å². The molecule has 1 N–H and O–H groups in total. The maximum atomic E-state index is 6.18. The highest BCUT2D eigenvalue weighted by Gasteiger charge is 2.25. The zero-order valence-corrected chi connectivity index (χ0v) is 12.2. The third-order valence-electron chi connectivity index (χ3n) is 3.72. The van der Waals surface area contributed by atoms with E-state index in [1.165, 1.54) is 6.42 Å². The maximum Gasteiger partial charge on any atom is 0.120 e. The van der Waals surface area contributed by atoms with Gasteiger partial charge in [-0.1, -0.05) is 18.5 Å². The van der Waals surface area contributed by atoms with Crippen molar-refractivity contribution in [2.24, 2.45) is 5.92 Å². The summed E-state index contributed by atoms with van der Waals surface area (Å²) < 4.78 is 6.17. The average molecular weight is 268 g/mol. The number of nitrogens with one attached hydrogen (secondary N) is 1. The lowest BCUT2D eigenvalue weighted by Crippen LogP contribution is -2.28. The summed E-state index contributed by atoms with van der Waals surface area (Å²) in [6.07, 6.45) is 2.57. The molecular weight excluding hydrogens is 246 g/mol. The van der Waals surface area contributed by atoms with Crippen molar-refractivity contribution in [3.8, 4) is 5.75 Å². The second-order valence-corrected chi connectivity index (χ2v) is 5.57. The smallest absolute Gasteiger partial charge is 0.120 e. The quantitative estimate of drug-likeness (QED) is 0.898. The number of ether oxygens (including phenoxy) is 1. The van der Waals surface area contributed by atoms with Crippen LogP contribution < -0.4 is 10.1 Å². The maximum absolute atomic E-state index is 6.18. The molecule has 18 heavy (non-hydrogen) atoms. The molecule has 1 aliphatic heterocycles. The monoisotopic (exact) mass is 267 g/mol. The first-order valence-corrected chi connectivity index (χ1v) is 7.13. The molecule has 1 fully saturated rings. The zero-order valence-electron chi connectivity index (χ0n) is 11.4. The van der Waals surface area contributed by atoms with Gasteiger partial charge in [-0.2, -0.15) is 0 Å². The second kappa shape index (κ2) is 5.94. The summed E-state index contributed by atoms with van der Waals surface area (Å²) in [4.78, 5) is 0. The van der Waals surface area contributed by atoms with Crippen LogP contribution in [0.2, 0.25) is 5.02 Å². The number of hydrogen-bond donors (Lipinski definition) is 1. The van der Waals surface area contributed by atoms with Crippen LogP contribution in [0.5, 0.6) is 5.75 Å². The fourth-order valence-corrected chi connectivity index (χ4v) is 2.77. The minimum absolute atomic E-state index is 0.306. The summed E-state index contributed by atoms with van der Waals surface area (Å²) in [5, 5.41) is 4.25. The van der Waals surface area contributed by atoms with E-state index in [2.05, 4.69) is 12.2 Å². The summed E-state index contributed by atoms with van der Waals surface area (Å²) >= 11 is 6.18. The van der Waals surface area contributed by atoms with E-state index in [1.54, 1.807) is 0 Å². The van der Waals surface area contributed by atoms with E-state index in [1.807, 2.05) is 26.0 Å². The van der Waals surface area contributed by atoms with Crippen molar-refractivity contribution in [1.29, 1.82) is 0 Å². The van der Waals surface area contributed by atoms with E-state index in [0.717, 1.165) is 41.4 Å². The minimum Gasteiger partial charge on any atom is -0.490 e. The van der Waals surface area contributed by atoms with Crippen LogP contribution in [0.15, 0.2) is 12.1 Å². The van der Waals surface area contributed by atoms with E-state index in [4.69, 9.17) is 16.3 Å². The Morgan fingerprint density at radius 1 is 1.39 bits per heavy atom. The van der Waals surface area contributed by atoms with Crippen LogP contribution in [0, 0.1) is 19.8 Å². The highest BCUT2D eigenvalue weighted by molar-refractivity contribution is 6.32. The third kappa shape index (κ3) is 2.99. The molecule has 3 heteroatoms. The van der Waals surface area contributed by atoms with Crippen LogP contribution in [0.1, 0.15) is 30.9 Å². The van der Waals surface area contributed by atoms with Crippen LogP contribution >= 0.6 is 11.6 Å². The molecule has 1 aromatic rings. The Labute approximate surface area is 115 Å². The first-order valence-electron chi connectivity index (χ1n) is 6.76. The molecule has 0 unspecified atom stereocenters. The molecule has 2 nitrogen and oxygen atoms in total. The van der Waals surface area contributed by atoms with Crippen LogP contribution in [0.25, 0.3) is 0 Å². The Morgan fingerprint density at radius 3 is 2.56 bits per heavy atom. The van der Waals surface area contributed by atoms with Crippen molar-refractivity contribution >= 4 is 11.6 Å². The van der Waals surface area contributed by atoms with E-state index in [0.29, 0.717) is 12.0 Å². The lowest BCUT2D eigenvalue weighted by atomic mass is 9.99. The van der Waals surface area contributed by atoms with Gasteiger partial charge < -0.3 is 10.1 Å². The van der Waals surface area contributed by atoms with Crippen LogP contribution in [-0.2, 0) is 0 Å². The molecule has 1 aromatic carbocycles. The molecule has 0 saturated carbocycles. The molecule has 0 bridgehead atoms. The van der Waals surface area contributed by atoms with Crippen molar-refractivity contribution in [2.45, 2.75) is 39.7 Å². The van der Waals surface area contributed by atoms with Gasteiger partial charge in [0, 0.05) is 17.5 Å². The molecule has 0 amide bonds. The zero-order chi connectivity index (χ0) is 13.1. The van der Waals surface area contributed by atoms with Crippen molar-refractivity contribution in [2.75, 3.05) is 13.1 Å². The molecule has 1 aliphatic rings. The van der Waals surface area contributed by atoms with Gasteiger partial charge in [0.1, 0.15) is 11.9 Å². The van der Waals surface area contributed by atoms with Gasteiger partial charge in [0.25, 0.3) is 0 Å². The van der Waals surface area contributed by atoms with Gasteiger partial charge in [-0.15, -0.1) is 0 Å². The van der Waals surface area contributed by atoms with Gasteiger partial charge >= 0.3 is 0 Å². The van der Waals surface area contributed by atoms with E-state index >= 15 is 0 Å². The van der Waals surface area contributed by atoms with Gasteiger partial charge in [-0.3, -0.25) is 0 Å². The fourth-order valence-electron chi connectivity index (χ4n) is 2.66. The average Bonchev–Trinajstić information content (AvgIpc) is 2.86. The summed E-state index contributed by atoms with van der Waals surface area (Å²) in [5.74, 6) is 1.58. The number of aryl methyl sites for hydroxylation is 2. The molecule has 2 atom stereocenters. The Hall–Kier alpha value is -0.730. The number of benzene rings is 1. The van der Waals surface area contributed by atoms with Crippen molar-refractivity contribution in [3.63, 3.8) is 0 Å². The number of rotatable bonds is 4. The molecule has 0 aromatic heterocycles. The predicted octanol–water partition coefficient (Wildman–Crippen LogP) is 3.72. The van der Waals surface area contributed by atoms with Crippen molar-refractivity contribution in [3.05, 3.63) is 28.3 Å². The number of halogens is 1. The van der Waals surface area contributed by atoms with E-state index in [-0.39, 0.29) is 0 Å². The Balaban J connectivity index is 2.11. The topological polar surface area (TPSA) is 21.3 Å². The summed E-state index contributed by atoms with van der Waals surface area (Å²) in [5.41, 5.74) is 2.18. The minimum atomic E-state index is 0.306. The standard InChI is InChI=1S/C15H22ClNO/c1-4-14(12-5-6-17-9-12)18-13-7-10(2)15(16)11(3)8-13/h7-8,12,14,17H,4-6,9H2,1-3H3/t12-,14-/m0/s1. The molecule has 2 rings (SSSR count). The lowest BCUT2D eigenvalue weighted by molar-refractivity contribution is 0.138. The second-order valence-electron chi connectivity index (χ2n) is 5.19. The molecule has 1 heterocycles. The highest BCUT2D eigenvalue weighted by atomic mass is 35.5. The molecule has 0 aliphatic carbocycles. The van der Waals surface area contributed by atoms with E-state index < -0.39 is 0 Å². The molecular formula is C15H22ClNO. The number of hydrogen-bond acceptors (Lipinski definition) is 2. The Morgan fingerprint density at radius 2 is 2.06 bits per heavy atom. The normalized spacial score (nSPS) is 21.0. The molecule has 100 valence electrons. The van der Waals surface area contributed by atoms with E-state index in [9.17, 15) is 0 Å². The predicted molar refractivity (Wildman–Crippen MR) is 76.6 cm³/mol. The summed E-state index contributed by atoms with van der Waals surface area (Å²) in [6, 6.07) is 4.08. The molecule has 1 saturated heterocycles. The van der Waals surface area contributed by atoms with Crippen molar-refractivity contribution < 1.29 is 4.74 Å². The largest absolute Gasteiger partial charge is 0.490 e. The first kappa shape index (κ1) is 13.7. The van der Waals surface area contributed by atoms with Gasteiger partial charge in [-0.05, 0) is 56.5 Å². The van der Waals surface area contributed by atoms with Crippen LogP contribution in [-0.4, -0.2) is 19.2 Å². The SMILES string of the molecule is CC[C@H](Oc1cc(C)c(Cl)c(C)c1)[C@H]1CCNC1. The van der Waals surface area contributed by atoms with Gasteiger partial charge in [0.2, 0.25) is 0 Å². The summed E-state index contributed by atoms with van der Waals surface area (Å²) in [7, 11) is 0. The Bertz CT molecular complexity index is 390. The van der Waals surface area contributed by atoms with Crippen LogP contribution in [0.4, 0.5) is 0 Å². The van der Waals surface area contributed by atoms with Gasteiger partial charge in [0.05, 0.1) is 0 Å². The first-order chi connectivity index (χ1) is 8.61. The lowest BCUT2D eigenvalue weighted by Gasteiger charge is -2.23. The fraction of sp³-hybridized carbons (Fsp3) is 0.600. The Kier molecular flexibility index (Phi) is 4.52. The molecule has 0 spiro atoms.